The summed E-state index contributed by atoms with van der Waals surface area (Å²) in [6.45, 7) is 0. The largest absolute Gasteiger partial charge is 0.481 e. The number of sulfonamides is 1. The van der Waals surface area contributed by atoms with Gasteiger partial charge in [0.05, 0.1) is 11.3 Å². The number of anilines is 3. The predicted octanol–water partition coefficient (Wildman–Crippen LogP) is 1.48. The number of carboxylic acid groups (broad SMARTS) is 1. The number of nitrogens with zero attached hydrogens (tertiary/aromatic N) is 2. The van der Waals surface area contributed by atoms with E-state index in [9.17, 15) is 13.2 Å². The molecule has 1 aromatic heterocycles. The van der Waals surface area contributed by atoms with Crippen molar-refractivity contribution in [2.75, 3.05) is 17.7 Å². The minimum atomic E-state index is -3.57. The molecule has 10 nitrogen and oxygen atoms in total. The summed E-state index contributed by atoms with van der Waals surface area (Å²) in [5, 5.41) is 20.0. The first-order chi connectivity index (χ1) is 13.3. The number of carboxylic acids is 1. The molecular weight excluding hydrogens is 404 g/mol. The normalized spacial score (nSPS) is 18.5. The van der Waals surface area contributed by atoms with Gasteiger partial charge in [-0.25, -0.2) is 23.1 Å². The van der Waals surface area contributed by atoms with Gasteiger partial charge in [0.25, 0.3) is 0 Å². The summed E-state index contributed by atoms with van der Waals surface area (Å²) < 4.78 is 26.1. The first-order valence-corrected chi connectivity index (χ1v) is 10.4. The van der Waals surface area contributed by atoms with E-state index in [1.807, 2.05) is 0 Å². The van der Waals surface area contributed by atoms with Gasteiger partial charge in [-0.05, 0) is 30.7 Å². The highest BCUT2D eigenvalue weighted by Crippen LogP contribution is 2.33. The SMILES string of the molecule is CNS(=O)(=O)c1cccc(Nc2cc(NC3(CC(=O)O)NC=CS3)ncn2)c1. The molecular formula is C16H18N6O4S2. The standard InChI is InChI=1S/C16H18N6O4S2/c1-17-28(25,26)12-4-2-3-11(7-12)21-13-8-14(19-10-18-13)22-16(9-15(23)24)20-5-6-27-16/h2-8,10,17,20H,9H2,1H3,(H,23,24)(H2,18,19,21,22). The molecule has 0 aliphatic carbocycles. The lowest BCUT2D eigenvalue weighted by Gasteiger charge is -2.29. The van der Waals surface area contributed by atoms with Gasteiger partial charge in [0.15, 0.2) is 4.99 Å². The van der Waals surface area contributed by atoms with Crippen LogP contribution < -0.4 is 20.7 Å². The zero-order chi connectivity index (χ0) is 20.2. The van der Waals surface area contributed by atoms with Gasteiger partial charge >= 0.3 is 5.97 Å². The monoisotopic (exact) mass is 422 g/mol. The molecule has 12 heteroatoms. The van der Waals surface area contributed by atoms with E-state index >= 15 is 0 Å². The second-order valence-electron chi connectivity index (χ2n) is 5.74. The number of hydrogen-bond acceptors (Lipinski definition) is 9. The van der Waals surface area contributed by atoms with Crippen molar-refractivity contribution in [2.45, 2.75) is 16.3 Å². The zero-order valence-corrected chi connectivity index (χ0v) is 16.3. The van der Waals surface area contributed by atoms with Gasteiger partial charge in [-0.15, -0.1) is 0 Å². The molecule has 0 amide bonds. The summed E-state index contributed by atoms with van der Waals surface area (Å²) in [7, 11) is -2.22. The molecule has 1 atom stereocenters. The molecule has 2 aromatic rings. The minimum Gasteiger partial charge on any atom is -0.481 e. The first kappa shape index (κ1) is 19.9. The Kier molecular flexibility index (Phi) is 5.72. The number of thioether (sulfide) groups is 1. The van der Waals surface area contributed by atoms with E-state index in [-0.39, 0.29) is 11.3 Å². The van der Waals surface area contributed by atoms with Gasteiger partial charge in [0.2, 0.25) is 10.0 Å². The number of aliphatic carboxylic acids is 1. The molecule has 5 N–H and O–H groups in total. The molecule has 2 heterocycles. The first-order valence-electron chi connectivity index (χ1n) is 8.05. The quantitative estimate of drug-likeness (QED) is 0.424. The van der Waals surface area contributed by atoms with Crippen LogP contribution in [0.2, 0.25) is 0 Å². The van der Waals surface area contributed by atoms with E-state index in [1.54, 1.807) is 29.8 Å². The van der Waals surface area contributed by atoms with Crippen LogP contribution in [0.25, 0.3) is 0 Å². The Morgan fingerprint density at radius 2 is 2.07 bits per heavy atom. The summed E-state index contributed by atoms with van der Waals surface area (Å²) in [5.74, 6) is -0.148. The fourth-order valence-corrected chi connectivity index (χ4v) is 4.13. The summed E-state index contributed by atoms with van der Waals surface area (Å²) in [4.78, 5) is 18.6. The molecule has 0 bridgehead atoms. The molecule has 3 rings (SSSR count). The van der Waals surface area contributed by atoms with E-state index in [0.717, 1.165) is 0 Å². The van der Waals surface area contributed by atoms with Crippen LogP contribution in [0.3, 0.4) is 0 Å². The van der Waals surface area contributed by atoms with Crippen molar-refractivity contribution in [2.24, 2.45) is 0 Å². The maximum atomic E-state index is 11.9. The Morgan fingerprint density at radius 3 is 2.75 bits per heavy atom. The van der Waals surface area contributed by atoms with E-state index in [1.165, 1.54) is 37.3 Å². The number of carbonyl (C=O) groups is 1. The van der Waals surface area contributed by atoms with Gasteiger partial charge in [0, 0.05) is 18.0 Å². The Bertz CT molecular complexity index is 1000. The van der Waals surface area contributed by atoms with Crippen molar-refractivity contribution in [1.82, 2.24) is 20.0 Å². The molecule has 148 valence electrons. The van der Waals surface area contributed by atoms with Crippen LogP contribution in [0.5, 0.6) is 0 Å². The Labute approximate surface area is 165 Å². The van der Waals surface area contributed by atoms with E-state index in [0.29, 0.717) is 17.3 Å². The minimum absolute atomic E-state index is 0.116. The smallest absolute Gasteiger partial charge is 0.308 e. The average molecular weight is 422 g/mol. The van der Waals surface area contributed by atoms with Crippen LogP contribution in [0.15, 0.2) is 53.2 Å². The number of aromatic nitrogens is 2. The van der Waals surface area contributed by atoms with Crippen LogP contribution in [0.1, 0.15) is 6.42 Å². The van der Waals surface area contributed by atoms with Crippen LogP contribution in [0.4, 0.5) is 17.3 Å². The number of benzene rings is 1. The third-order valence-corrected chi connectivity index (χ3v) is 6.19. The molecule has 1 aliphatic rings. The summed E-state index contributed by atoms with van der Waals surface area (Å²) >= 11 is 1.29. The molecule has 0 fully saturated rings. The highest BCUT2D eigenvalue weighted by Gasteiger charge is 2.35. The van der Waals surface area contributed by atoms with Gasteiger partial charge in [-0.2, -0.15) is 0 Å². The molecule has 1 aromatic carbocycles. The highest BCUT2D eigenvalue weighted by molar-refractivity contribution is 8.03. The molecule has 0 radical (unpaired) electrons. The fraction of sp³-hybridized carbons (Fsp3) is 0.188. The summed E-state index contributed by atoms with van der Waals surface area (Å²) in [5.41, 5.74) is 0.524. The topological polar surface area (TPSA) is 145 Å². The second-order valence-corrected chi connectivity index (χ2v) is 8.83. The van der Waals surface area contributed by atoms with Crippen molar-refractivity contribution < 1.29 is 18.3 Å². The van der Waals surface area contributed by atoms with E-state index in [2.05, 4.69) is 30.6 Å². The van der Waals surface area contributed by atoms with Crippen molar-refractivity contribution in [3.8, 4) is 0 Å². The molecule has 28 heavy (non-hydrogen) atoms. The maximum absolute atomic E-state index is 11.9. The number of hydrogen-bond donors (Lipinski definition) is 5. The van der Waals surface area contributed by atoms with Crippen molar-refractivity contribution in [1.29, 1.82) is 0 Å². The van der Waals surface area contributed by atoms with Crippen LogP contribution >= 0.6 is 11.8 Å². The highest BCUT2D eigenvalue weighted by atomic mass is 32.2. The lowest BCUT2D eigenvalue weighted by molar-refractivity contribution is -0.137. The predicted molar refractivity (Wildman–Crippen MR) is 106 cm³/mol. The fourth-order valence-electron chi connectivity index (χ4n) is 2.48. The maximum Gasteiger partial charge on any atom is 0.308 e. The van der Waals surface area contributed by atoms with Crippen molar-refractivity contribution >= 4 is 45.1 Å². The number of rotatable bonds is 8. The van der Waals surface area contributed by atoms with E-state index in [4.69, 9.17) is 5.11 Å². The molecule has 1 unspecified atom stereocenters. The van der Waals surface area contributed by atoms with E-state index < -0.39 is 21.0 Å². The van der Waals surface area contributed by atoms with Crippen LogP contribution in [-0.4, -0.2) is 41.5 Å². The Hall–Kier alpha value is -2.83. The second kappa shape index (κ2) is 8.04. The number of nitrogens with one attached hydrogen (secondary N) is 4. The molecule has 0 spiro atoms. The average Bonchev–Trinajstić information content (AvgIpc) is 3.09. The van der Waals surface area contributed by atoms with Gasteiger partial charge < -0.3 is 21.1 Å². The summed E-state index contributed by atoms with van der Waals surface area (Å²) in [6.07, 6.45) is 2.80. The lowest BCUT2D eigenvalue weighted by atomic mass is 10.3. The van der Waals surface area contributed by atoms with Gasteiger partial charge in [-0.1, -0.05) is 17.8 Å². The third kappa shape index (κ3) is 4.71. The Morgan fingerprint density at radius 1 is 1.29 bits per heavy atom. The van der Waals surface area contributed by atoms with Crippen LogP contribution in [0, 0.1) is 0 Å². The molecule has 1 aliphatic heterocycles. The lowest BCUT2D eigenvalue weighted by Crippen LogP contribution is -2.45. The van der Waals surface area contributed by atoms with Crippen LogP contribution in [-0.2, 0) is 14.8 Å². The molecule has 0 saturated heterocycles. The van der Waals surface area contributed by atoms with Crippen molar-refractivity contribution in [3.05, 3.63) is 48.3 Å². The third-order valence-electron chi connectivity index (χ3n) is 3.74. The van der Waals surface area contributed by atoms with Gasteiger partial charge in [-0.3, -0.25) is 4.79 Å². The summed E-state index contributed by atoms with van der Waals surface area (Å²) in [6, 6.07) is 7.87. The molecule has 0 saturated carbocycles. The van der Waals surface area contributed by atoms with Gasteiger partial charge in [0.1, 0.15) is 18.0 Å². The Balaban J connectivity index is 1.79. The van der Waals surface area contributed by atoms with Crippen molar-refractivity contribution in [3.63, 3.8) is 0 Å². The zero-order valence-electron chi connectivity index (χ0n) is 14.7.